The highest BCUT2D eigenvalue weighted by atomic mass is 35.5. The normalized spacial score (nSPS) is 23.6. The van der Waals surface area contributed by atoms with Gasteiger partial charge in [0.05, 0.1) is 12.1 Å². The molecule has 1 atom stereocenters. The lowest BCUT2D eigenvalue weighted by Crippen LogP contribution is -2.54. The molecule has 0 aromatic heterocycles. The lowest BCUT2D eigenvalue weighted by Gasteiger charge is -2.29. The Labute approximate surface area is 122 Å². The second-order valence-corrected chi connectivity index (χ2v) is 6.75. The standard InChI is InChI=1S/C11H25N3O3S.ClH/c1-4-8-14(2)18(15,16)13-9-11(10-17-3)6-5-7-12-11;/h12-13H,4-10H2,1-3H3;1H. The highest BCUT2D eigenvalue weighted by molar-refractivity contribution is 7.87. The maximum absolute atomic E-state index is 12.0. The van der Waals surface area contributed by atoms with Crippen LogP contribution in [0.25, 0.3) is 0 Å². The minimum absolute atomic E-state index is 0. The van der Waals surface area contributed by atoms with Gasteiger partial charge in [0.15, 0.2) is 0 Å². The fourth-order valence-electron chi connectivity index (χ4n) is 2.24. The molecule has 0 aliphatic carbocycles. The monoisotopic (exact) mass is 315 g/mol. The molecular formula is C11H26ClN3O3S. The van der Waals surface area contributed by atoms with Gasteiger partial charge in [-0.3, -0.25) is 0 Å². The van der Waals surface area contributed by atoms with Crippen LogP contribution in [0, 0.1) is 0 Å². The first-order valence-electron chi connectivity index (χ1n) is 6.41. The summed E-state index contributed by atoms with van der Waals surface area (Å²) in [6.45, 7) is 4.29. The number of hydrogen-bond donors (Lipinski definition) is 2. The van der Waals surface area contributed by atoms with Crippen LogP contribution in [0.1, 0.15) is 26.2 Å². The Hall–Kier alpha value is 0.0800. The summed E-state index contributed by atoms with van der Waals surface area (Å²) in [7, 11) is -0.146. The van der Waals surface area contributed by atoms with E-state index in [1.165, 1.54) is 4.31 Å². The predicted octanol–water partition coefficient (Wildman–Crippen LogP) is 0.353. The third kappa shape index (κ3) is 5.53. The molecule has 0 aromatic rings. The molecule has 6 nitrogen and oxygen atoms in total. The van der Waals surface area contributed by atoms with Crippen molar-refractivity contribution in [1.29, 1.82) is 0 Å². The van der Waals surface area contributed by atoms with Crippen molar-refractivity contribution >= 4 is 22.6 Å². The van der Waals surface area contributed by atoms with E-state index in [0.29, 0.717) is 19.7 Å². The zero-order valence-corrected chi connectivity index (χ0v) is 13.6. The van der Waals surface area contributed by atoms with Gasteiger partial charge in [0.25, 0.3) is 10.2 Å². The summed E-state index contributed by atoms with van der Waals surface area (Å²) in [6.07, 6.45) is 2.79. The Bertz CT molecular complexity index is 345. The van der Waals surface area contributed by atoms with Crippen LogP contribution in [0.2, 0.25) is 0 Å². The fourth-order valence-corrected chi connectivity index (χ4v) is 3.35. The van der Waals surface area contributed by atoms with Crippen molar-refractivity contribution in [3.8, 4) is 0 Å². The van der Waals surface area contributed by atoms with Crippen LogP contribution >= 0.6 is 12.4 Å². The van der Waals surface area contributed by atoms with Gasteiger partial charge in [-0.1, -0.05) is 6.92 Å². The van der Waals surface area contributed by atoms with Crippen LogP contribution in [-0.2, 0) is 14.9 Å². The summed E-state index contributed by atoms with van der Waals surface area (Å²) in [5, 5.41) is 3.34. The third-order valence-electron chi connectivity index (χ3n) is 3.29. The van der Waals surface area contributed by atoms with Gasteiger partial charge < -0.3 is 10.1 Å². The van der Waals surface area contributed by atoms with E-state index in [2.05, 4.69) is 10.0 Å². The molecule has 116 valence electrons. The van der Waals surface area contributed by atoms with Crippen molar-refractivity contribution in [2.75, 3.05) is 40.4 Å². The number of methoxy groups -OCH3 is 1. The topological polar surface area (TPSA) is 70.7 Å². The zero-order chi connectivity index (χ0) is 13.6. The maximum atomic E-state index is 12.0. The van der Waals surface area contributed by atoms with Crippen molar-refractivity contribution in [3.05, 3.63) is 0 Å². The first-order valence-corrected chi connectivity index (χ1v) is 7.85. The van der Waals surface area contributed by atoms with E-state index < -0.39 is 10.2 Å². The molecule has 1 rings (SSSR count). The largest absolute Gasteiger partial charge is 0.383 e. The molecule has 0 amide bonds. The van der Waals surface area contributed by atoms with Crippen LogP contribution in [0.4, 0.5) is 0 Å². The summed E-state index contributed by atoms with van der Waals surface area (Å²) in [5.41, 5.74) is -0.255. The highest BCUT2D eigenvalue weighted by Crippen LogP contribution is 2.19. The van der Waals surface area contributed by atoms with Crippen LogP contribution in [0.3, 0.4) is 0 Å². The van der Waals surface area contributed by atoms with Gasteiger partial charge in [0.1, 0.15) is 0 Å². The summed E-state index contributed by atoms with van der Waals surface area (Å²) in [5.74, 6) is 0. The van der Waals surface area contributed by atoms with E-state index in [9.17, 15) is 8.42 Å². The van der Waals surface area contributed by atoms with Crippen LogP contribution in [-0.4, -0.2) is 58.7 Å². The molecule has 0 radical (unpaired) electrons. The van der Waals surface area contributed by atoms with Gasteiger partial charge in [0.2, 0.25) is 0 Å². The second-order valence-electron chi connectivity index (χ2n) is 4.89. The molecule has 0 bridgehead atoms. The fraction of sp³-hybridized carbons (Fsp3) is 1.00. The number of rotatable bonds is 8. The number of nitrogens with one attached hydrogen (secondary N) is 2. The quantitative estimate of drug-likeness (QED) is 0.678. The van der Waals surface area contributed by atoms with Crippen molar-refractivity contribution in [2.24, 2.45) is 0 Å². The van der Waals surface area contributed by atoms with Crippen molar-refractivity contribution in [2.45, 2.75) is 31.7 Å². The molecule has 1 heterocycles. The zero-order valence-electron chi connectivity index (χ0n) is 11.9. The van der Waals surface area contributed by atoms with E-state index in [-0.39, 0.29) is 17.9 Å². The molecule has 1 unspecified atom stereocenters. The average molecular weight is 316 g/mol. The molecule has 0 saturated carbocycles. The molecule has 1 aliphatic heterocycles. The van der Waals surface area contributed by atoms with Gasteiger partial charge >= 0.3 is 0 Å². The van der Waals surface area contributed by atoms with Gasteiger partial charge in [-0.05, 0) is 25.8 Å². The summed E-state index contributed by atoms with van der Waals surface area (Å²) < 4.78 is 33.1. The lowest BCUT2D eigenvalue weighted by atomic mass is 9.99. The minimum atomic E-state index is -3.38. The van der Waals surface area contributed by atoms with Crippen LogP contribution < -0.4 is 10.0 Å². The molecule has 19 heavy (non-hydrogen) atoms. The van der Waals surface area contributed by atoms with Crippen LogP contribution in [0.15, 0.2) is 0 Å². The number of ether oxygens (including phenoxy) is 1. The molecule has 2 N–H and O–H groups in total. The van der Waals surface area contributed by atoms with E-state index in [0.717, 1.165) is 25.8 Å². The minimum Gasteiger partial charge on any atom is -0.383 e. The molecule has 1 saturated heterocycles. The molecule has 1 aliphatic rings. The SMILES string of the molecule is CCCN(C)S(=O)(=O)NCC1(COC)CCCN1.Cl. The Morgan fingerprint density at radius 2 is 2.16 bits per heavy atom. The summed E-state index contributed by atoms with van der Waals surface area (Å²) >= 11 is 0. The Balaban J connectivity index is 0.00000324. The second kappa shape index (κ2) is 8.39. The average Bonchev–Trinajstić information content (AvgIpc) is 2.77. The highest BCUT2D eigenvalue weighted by Gasteiger charge is 2.35. The van der Waals surface area contributed by atoms with Crippen LogP contribution in [0.5, 0.6) is 0 Å². The molecule has 0 spiro atoms. The summed E-state index contributed by atoms with van der Waals surface area (Å²) in [4.78, 5) is 0. The Kier molecular flexibility index (Phi) is 8.42. The third-order valence-corrected chi connectivity index (χ3v) is 4.81. The van der Waals surface area contributed by atoms with Crippen molar-refractivity contribution < 1.29 is 13.2 Å². The Morgan fingerprint density at radius 3 is 2.63 bits per heavy atom. The predicted molar refractivity (Wildman–Crippen MR) is 78.9 cm³/mol. The smallest absolute Gasteiger partial charge is 0.279 e. The number of nitrogens with zero attached hydrogens (tertiary/aromatic N) is 1. The van der Waals surface area contributed by atoms with Crippen molar-refractivity contribution in [1.82, 2.24) is 14.3 Å². The molecule has 8 heteroatoms. The first kappa shape index (κ1) is 19.1. The van der Waals surface area contributed by atoms with E-state index >= 15 is 0 Å². The molecule has 1 fully saturated rings. The Morgan fingerprint density at radius 1 is 1.47 bits per heavy atom. The molecule has 0 aromatic carbocycles. The van der Waals surface area contributed by atoms with Gasteiger partial charge in [-0.2, -0.15) is 12.7 Å². The van der Waals surface area contributed by atoms with E-state index in [1.54, 1.807) is 14.2 Å². The summed E-state index contributed by atoms with van der Waals surface area (Å²) in [6, 6.07) is 0. The maximum Gasteiger partial charge on any atom is 0.279 e. The van der Waals surface area contributed by atoms with Gasteiger partial charge in [-0.15, -0.1) is 12.4 Å². The van der Waals surface area contributed by atoms with Gasteiger partial charge in [-0.25, -0.2) is 4.72 Å². The molecular weight excluding hydrogens is 290 g/mol. The number of halogens is 1. The first-order chi connectivity index (χ1) is 8.46. The van der Waals surface area contributed by atoms with E-state index in [4.69, 9.17) is 4.74 Å². The van der Waals surface area contributed by atoms with E-state index in [1.807, 2.05) is 6.92 Å². The van der Waals surface area contributed by atoms with Gasteiger partial charge in [0, 0.05) is 27.2 Å². The number of hydrogen-bond acceptors (Lipinski definition) is 4. The van der Waals surface area contributed by atoms with Crippen molar-refractivity contribution in [3.63, 3.8) is 0 Å². The lowest BCUT2D eigenvalue weighted by molar-refractivity contribution is 0.122.